The van der Waals surface area contributed by atoms with E-state index in [0.717, 1.165) is 33.4 Å². The van der Waals surface area contributed by atoms with Crippen molar-refractivity contribution in [1.29, 1.82) is 0 Å². The zero-order valence-corrected chi connectivity index (χ0v) is 35.9. The first kappa shape index (κ1) is 45.3. The van der Waals surface area contributed by atoms with Crippen LogP contribution in [0.3, 0.4) is 0 Å². The summed E-state index contributed by atoms with van der Waals surface area (Å²) in [6, 6.07) is 39.9. The van der Waals surface area contributed by atoms with E-state index in [0.29, 0.717) is 30.8 Å². The van der Waals surface area contributed by atoms with E-state index in [2.05, 4.69) is 28.1 Å². The SMILES string of the molecule is COC[C@@H]1NC(=O)[C@@H](CC(=O)N[C@H](CO)Cc2ccc(OCc3ccccc3)cc2)CC=CCC[C@H](NC(=O)OCC2c3ccccc3-c3ccccc32)C(=O)O[C@H]1c1ccccc1. The number of alkyl carbamates (subject to hydrolysis) is 1. The number of esters is 1. The predicted molar refractivity (Wildman–Crippen MR) is 242 cm³/mol. The number of amides is 3. The first-order valence-corrected chi connectivity index (χ1v) is 21.8. The fourth-order valence-electron chi connectivity index (χ4n) is 8.29. The Morgan fingerprint density at radius 1 is 0.797 bits per heavy atom. The molecule has 0 bridgehead atoms. The maximum absolute atomic E-state index is 14.1. The zero-order chi connectivity index (χ0) is 44.7. The number of carbonyl (C=O) groups is 4. The minimum absolute atomic E-state index is 0.0273. The van der Waals surface area contributed by atoms with E-state index in [1.807, 2.05) is 103 Å². The maximum Gasteiger partial charge on any atom is 0.407 e. The Labute approximate surface area is 374 Å². The van der Waals surface area contributed by atoms with Gasteiger partial charge in [0.05, 0.1) is 31.2 Å². The number of hydrogen-bond acceptors (Lipinski definition) is 9. The van der Waals surface area contributed by atoms with E-state index in [9.17, 15) is 24.3 Å². The first-order chi connectivity index (χ1) is 31.3. The molecule has 4 N–H and O–H groups in total. The van der Waals surface area contributed by atoms with Crippen LogP contribution in [0.1, 0.15) is 65.5 Å². The van der Waals surface area contributed by atoms with E-state index >= 15 is 0 Å². The van der Waals surface area contributed by atoms with Gasteiger partial charge in [0.25, 0.3) is 0 Å². The average Bonchev–Trinajstić information content (AvgIpc) is 3.64. The first-order valence-electron chi connectivity index (χ1n) is 21.8. The maximum atomic E-state index is 14.1. The molecule has 5 aromatic carbocycles. The van der Waals surface area contributed by atoms with Crippen LogP contribution < -0.4 is 20.7 Å². The molecule has 1 aliphatic heterocycles. The van der Waals surface area contributed by atoms with Crippen molar-refractivity contribution < 1.29 is 43.2 Å². The van der Waals surface area contributed by atoms with Gasteiger partial charge < -0.3 is 40.0 Å². The van der Waals surface area contributed by atoms with Crippen LogP contribution in [0.4, 0.5) is 4.79 Å². The number of carbonyl (C=O) groups excluding carboxylic acids is 4. The molecule has 0 spiro atoms. The Hall–Kier alpha value is -6.76. The Bertz CT molecular complexity index is 2310. The number of aliphatic hydroxyl groups excluding tert-OH is 1. The highest BCUT2D eigenvalue weighted by molar-refractivity contribution is 5.86. The molecule has 64 heavy (non-hydrogen) atoms. The average molecular weight is 866 g/mol. The van der Waals surface area contributed by atoms with Gasteiger partial charge in [-0.15, -0.1) is 0 Å². The number of ether oxygens (including phenoxy) is 4. The normalized spacial score (nSPS) is 19.3. The third-order valence-electron chi connectivity index (χ3n) is 11.6. The number of nitrogens with one attached hydrogen (secondary N) is 3. The number of cyclic esters (lactones) is 1. The Kier molecular flexibility index (Phi) is 15.9. The second-order valence-electron chi connectivity index (χ2n) is 16.1. The highest BCUT2D eigenvalue weighted by Gasteiger charge is 2.35. The van der Waals surface area contributed by atoms with Crippen LogP contribution in [0, 0.1) is 5.92 Å². The highest BCUT2D eigenvalue weighted by Crippen LogP contribution is 2.44. The van der Waals surface area contributed by atoms with Crippen molar-refractivity contribution in [3.63, 3.8) is 0 Å². The van der Waals surface area contributed by atoms with Gasteiger partial charge in [-0.2, -0.15) is 0 Å². The number of aliphatic hydroxyl groups is 1. The summed E-state index contributed by atoms with van der Waals surface area (Å²) < 4.78 is 23.4. The van der Waals surface area contributed by atoms with Gasteiger partial charge in [0, 0.05) is 19.4 Å². The standard InChI is InChI=1S/C52H55N3O9/c1-61-34-47-49(37-17-7-3-8-18-37)64-51(59)46(55-52(60)63-33-45-43-22-13-11-20-41(43)42-21-12-14-23-44(42)45)24-10-4-9-19-38(50(58)54-47)30-48(57)53-39(31-56)29-35-25-27-40(28-26-35)62-32-36-15-5-2-6-16-36/h2-9,11-18,20-23,25-28,38-39,45-47,49,56H,10,19,24,29-34H2,1H3,(H,53,57)(H,54,58)(H,55,60)/t38-,39+,46+,47+,49+/m1/s1. The summed E-state index contributed by atoms with van der Waals surface area (Å²) in [4.78, 5) is 55.2. The molecule has 1 aliphatic carbocycles. The number of methoxy groups -OCH3 is 1. The zero-order valence-electron chi connectivity index (χ0n) is 35.9. The third-order valence-corrected chi connectivity index (χ3v) is 11.6. The molecule has 332 valence electrons. The van der Waals surface area contributed by atoms with Gasteiger partial charge >= 0.3 is 12.1 Å². The summed E-state index contributed by atoms with van der Waals surface area (Å²) in [6.45, 7) is 0.174. The van der Waals surface area contributed by atoms with Gasteiger partial charge in [0.1, 0.15) is 31.1 Å². The predicted octanol–water partition coefficient (Wildman–Crippen LogP) is 7.35. The van der Waals surface area contributed by atoms with Crippen LogP contribution in [0.5, 0.6) is 5.75 Å². The molecule has 12 heteroatoms. The Morgan fingerprint density at radius 2 is 1.45 bits per heavy atom. The largest absolute Gasteiger partial charge is 0.489 e. The van der Waals surface area contributed by atoms with Crippen LogP contribution in [-0.4, -0.2) is 74.0 Å². The van der Waals surface area contributed by atoms with Crippen LogP contribution in [0.15, 0.2) is 146 Å². The summed E-state index contributed by atoms with van der Waals surface area (Å²) in [5.41, 5.74) is 6.88. The van der Waals surface area contributed by atoms with Gasteiger partial charge in [-0.3, -0.25) is 9.59 Å². The van der Waals surface area contributed by atoms with E-state index in [-0.39, 0.29) is 45.0 Å². The molecular formula is C52H55N3O9. The lowest BCUT2D eigenvalue weighted by molar-refractivity contribution is -0.155. The van der Waals surface area contributed by atoms with Gasteiger partial charge in [-0.1, -0.05) is 133 Å². The Morgan fingerprint density at radius 3 is 2.12 bits per heavy atom. The van der Waals surface area contributed by atoms with Crippen LogP contribution in [-0.2, 0) is 41.6 Å². The molecule has 1 heterocycles. The molecule has 7 rings (SSSR count). The van der Waals surface area contributed by atoms with Crippen LogP contribution >= 0.6 is 0 Å². The summed E-state index contributed by atoms with van der Waals surface area (Å²) in [5.74, 6) is -1.81. The Balaban J connectivity index is 1.01. The highest BCUT2D eigenvalue weighted by atomic mass is 16.6. The molecule has 0 saturated heterocycles. The number of fused-ring (bicyclic) bond motifs is 3. The molecular weight excluding hydrogens is 811 g/mol. The second kappa shape index (κ2) is 22.5. The minimum Gasteiger partial charge on any atom is -0.489 e. The molecule has 0 radical (unpaired) electrons. The molecule has 12 nitrogen and oxygen atoms in total. The van der Waals surface area contributed by atoms with Gasteiger partial charge in [-0.05, 0) is 76.8 Å². The number of benzene rings is 5. The minimum atomic E-state index is -1.08. The van der Waals surface area contributed by atoms with E-state index in [4.69, 9.17) is 18.9 Å². The van der Waals surface area contributed by atoms with Crippen LogP contribution in [0.2, 0.25) is 0 Å². The van der Waals surface area contributed by atoms with Crippen molar-refractivity contribution in [3.8, 4) is 16.9 Å². The van der Waals surface area contributed by atoms with Gasteiger partial charge in [-0.25, -0.2) is 9.59 Å². The van der Waals surface area contributed by atoms with Crippen LogP contribution in [0.25, 0.3) is 11.1 Å². The molecule has 0 saturated carbocycles. The summed E-state index contributed by atoms with van der Waals surface area (Å²) in [6.07, 6.45) is 2.79. The fourth-order valence-corrected chi connectivity index (χ4v) is 8.29. The summed E-state index contributed by atoms with van der Waals surface area (Å²) in [5, 5.41) is 18.9. The topological polar surface area (TPSA) is 162 Å². The molecule has 0 fully saturated rings. The quantitative estimate of drug-likeness (QED) is 0.0623. The van der Waals surface area contributed by atoms with Gasteiger partial charge in [0.15, 0.2) is 0 Å². The van der Waals surface area contributed by atoms with Crippen molar-refractivity contribution in [2.75, 3.05) is 26.9 Å². The van der Waals surface area contributed by atoms with E-state index in [1.54, 1.807) is 30.3 Å². The summed E-state index contributed by atoms with van der Waals surface area (Å²) in [7, 11) is 1.48. The van der Waals surface area contributed by atoms with Gasteiger partial charge in [0.2, 0.25) is 11.8 Å². The molecule has 5 aromatic rings. The number of allylic oxidation sites excluding steroid dienone is 2. The lowest BCUT2D eigenvalue weighted by Crippen LogP contribution is -2.49. The van der Waals surface area contributed by atoms with Crippen molar-refractivity contribution in [1.82, 2.24) is 16.0 Å². The number of hydrogen-bond donors (Lipinski definition) is 4. The monoisotopic (exact) mass is 865 g/mol. The second-order valence-corrected chi connectivity index (χ2v) is 16.1. The molecule has 0 unspecified atom stereocenters. The van der Waals surface area contributed by atoms with E-state index < -0.39 is 54.0 Å². The third kappa shape index (κ3) is 12.0. The molecule has 5 atom stereocenters. The van der Waals surface area contributed by atoms with Crippen molar-refractivity contribution >= 4 is 23.9 Å². The van der Waals surface area contributed by atoms with Crippen molar-refractivity contribution in [2.24, 2.45) is 5.92 Å². The lowest BCUT2D eigenvalue weighted by Gasteiger charge is -2.30. The van der Waals surface area contributed by atoms with Crippen molar-refractivity contribution in [3.05, 3.63) is 173 Å². The molecule has 2 aliphatic rings. The molecule has 0 aromatic heterocycles. The number of rotatable bonds is 15. The molecule has 3 amide bonds. The van der Waals surface area contributed by atoms with Crippen molar-refractivity contribution in [2.45, 2.75) is 68.9 Å². The van der Waals surface area contributed by atoms with E-state index in [1.165, 1.54) is 7.11 Å². The smallest absolute Gasteiger partial charge is 0.407 e. The summed E-state index contributed by atoms with van der Waals surface area (Å²) >= 11 is 0. The fraction of sp³-hybridized carbons (Fsp3) is 0.308. The lowest BCUT2D eigenvalue weighted by atomic mass is 9.96.